The van der Waals surface area contributed by atoms with Crippen molar-refractivity contribution in [2.75, 3.05) is 60.9 Å². The highest BCUT2D eigenvalue weighted by Crippen LogP contribution is 2.36. The Bertz CT molecular complexity index is 1250. The van der Waals surface area contributed by atoms with Crippen molar-refractivity contribution in [1.29, 1.82) is 0 Å². The number of ether oxygens (including phenoxy) is 5. The number of nitrogens with one attached hydrogen (secondary N) is 1. The number of benzene rings is 2. The highest BCUT2D eigenvalue weighted by molar-refractivity contribution is 5.95. The molecule has 2 aromatic carbocycles. The first-order chi connectivity index (χ1) is 19.2. The molecule has 0 fully saturated rings. The molecule has 0 radical (unpaired) electrons. The lowest BCUT2D eigenvalue weighted by molar-refractivity contribution is -0.119. The molecule has 0 aromatic heterocycles. The lowest BCUT2D eigenvalue weighted by Crippen LogP contribution is -2.41. The van der Waals surface area contributed by atoms with Crippen LogP contribution in [0.2, 0.25) is 0 Å². The quantitative estimate of drug-likeness (QED) is 0.399. The zero-order valence-corrected chi connectivity index (χ0v) is 24.7. The Morgan fingerprint density at radius 2 is 1.28 bits per heavy atom. The van der Waals surface area contributed by atoms with Gasteiger partial charge in [0.15, 0.2) is 0 Å². The molecule has 12 heteroatoms. The number of rotatable bonds is 3. The molecule has 2 heterocycles. The molecule has 0 bridgehead atoms. The third kappa shape index (κ3) is 10.9. The van der Waals surface area contributed by atoms with Gasteiger partial charge in [0.2, 0.25) is 5.91 Å². The monoisotopic (exact) mass is 604 g/mol. The van der Waals surface area contributed by atoms with Crippen molar-refractivity contribution in [2.24, 2.45) is 0 Å². The van der Waals surface area contributed by atoms with Gasteiger partial charge in [-0.25, -0.2) is 9.59 Å². The molecule has 2 aromatic rings. The van der Waals surface area contributed by atoms with E-state index in [1.165, 1.54) is 12.0 Å². The van der Waals surface area contributed by atoms with E-state index < -0.39 is 17.3 Å². The first-order valence-electron chi connectivity index (χ1n) is 13.3. The van der Waals surface area contributed by atoms with Crippen molar-refractivity contribution in [3.63, 3.8) is 0 Å². The van der Waals surface area contributed by atoms with Gasteiger partial charge >= 0.3 is 12.2 Å². The smallest absolute Gasteiger partial charge is 0.415 e. The third-order valence-electron chi connectivity index (χ3n) is 5.46. The summed E-state index contributed by atoms with van der Waals surface area (Å²) < 4.78 is 26.6. The van der Waals surface area contributed by atoms with Gasteiger partial charge in [-0.3, -0.25) is 14.6 Å². The summed E-state index contributed by atoms with van der Waals surface area (Å²) in [4.78, 5) is 39.1. The van der Waals surface area contributed by atoms with Crippen molar-refractivity contribution >= 4 is 40.8 Å². The van der Waals surface area contributed by atoms with E-state index in [1.807, 2.05) is 41.5 Å². The summed E-state index contributed by atoms with van der Waals surface area (Å²) in [5.74, 6) is 0.959. The SMILES string of the molecule is C.C.CC(C)(C)OC(=O)N1CCOc2ccc(N)cc21.COCC(=O)Nc1ccc2c(c1)N(C(=O)OC(C)(C)C)CCO2. The van der Waals surface area contributed by atoms with Crippen molar-refractivity contribution < 1.29 is 38.1 Å². The molecule has 0 saturated heterocycles. The first-order valence-corrected chi connectivity index (χ1v) is 13.3. The Morgan fingerprint density at radius 1 is 0.814 bits per heavy atom. The summed E-state index contributed by atoms with van der Waals surface area (Å²) in [6.07, 6.45) is -0.819. The van der Waals surface area contributed by atoms with Gasteiger partial charge in [-0.1, -0.05) is 14.9 Å². The number of fused-ring (bicyclic) bond motifs is 2. The molecule has 43 heavy (non-hydrogen) atoms. The second-order valence-electron chi connectivity index (χ2n) is 11.4. The molecule has 3 amide bonds. The van der Waals surface area contributed by atoms with E-state index in [0.717, 1.165) is 0 Å². The standard InChI is InChI=1S/C16H22N2O5.C13H18N2O3.2CH4/c1-16(2,3)23-15(20)18-7-8-22-13-6-5-11(9-12(13)18)17-14(19)10-21-4;1-13(2,3)18-12(16)15-6-7-17-11-5-4-9(14)8-10(11)15;;/h5-6,9H,7-8,10H2,1-4H3,(H,17,19);4-5,8H,6-7,14H2,1-3H3;2*1H4. The van der Waals surface area contributed by atoms with Crippen LogP contribution in [0.5, 0.6) is 11.5 Å². The van der Waals surface area contributed by atoms with Crippen LogP contribution < -0.4 is 30.3 Å². The van der Waals surface area contributed by atoms with Crippen molar-refractivity contribution in [3.05, 3.63) is 36.4 Å². The van der Waals surface area contributed by atoms with E-state index in [0.29, 0.717) is 60.6 Å². The van der Waals surface area contributed by atoms with Gasteiger partial charge in [0, 0.05) is 18.5 Å². The Morgan fingerprint density at radius 3 is 1.74 bits per heavy atom. The molecule has 3 N–H and O–H groups in total. The summed E-state index contributed by atoms with van der Waals surface area (Å²) in [5.41, 5.74) is 7.02. The number of methoxy groups -OCH3 is 1. The molecule has 0 unspecified atom stereocenters. The minimum Gasteiger partial charge on any atom is -0.490 e. The number of anilines is 4. The molecule has 0 atom stereocenters. The van der Waals surface area contributed by atoms with E-state index in [1.54, 1.807) is 41.3 Å². The second-order valence-corrected chi connectivity index (χ2v) is 11.4. The molecule has 0 spiro atoms. The fourth-order valence-corrected chi connectivity index (χ4v) is 3.87. The van der Waals surface area contributed by atoms with Crippen LogP contribution in [0.15, 0.2) is 36.4 Å². The van der Waals surface area contributed by atoms with Crippen LogP contribution in [0, 0.1) is 0 Å². The highest BCUT2D eigenvalue weighted by atomic mass is 16.6. The molecule has 0 saturated carbocycles. The summed E-state index contributed by atoms with van der Waals surface area (Å²) in [6, 6.07) is 10.3. The number of nitrogens with zero attached hydrogens (tertiary/aromatic N) is 2. The van der Waals surface area contributed by atoms with Crippen LogP contribution in [0.3, 0.4) is 0 Å². The third-order valence-corrected chi connectivity index (χ3v) is 5.46. The molecule has 2 aliphatic heterocycles. The number of carbonyl (C=O) groups is 3. The Balaban J connectivity index is 0.000000421. The maximum Gasteiger partial charge on any atom is 0.415 e. The predicted octanol–water partition coefficient (Wildman–Crippen LogP) is 6.08. The zero-order chi connectivity index (χ0) is 30.4. The van der Waals surface area contributed by atoms with Crippen molar-refractivity contribution in [1.82, 2.24) is 0 Å². The fraction of sp³-hybridized carbons (Fsp3) is 0.516. The van der Waals surface area contributed by atoms with Gasteiger partial charge in [0.1, 0.15) is 42.5 Å². The highest BCUT2D eigenvalue weighted by Gasteiger charge is 2.29. The van der Waals surface area contributed by atoms with Gasteiger partial charge in [0.25, 0.3) is 0 Å². The van der Waals surface area contributed by atoms with Crippen molar-refractivity contribution in [2.45, 2.75) is 67.6 Å². The van der Waals surface area contributed by atoms with E-state index in [9.17, 15) is 14.4 Å². The number of amides is 3. The Labute approximate surface area is 255 Å². The van der Waals surface area contributed by atoms with E-state index in [4.69, 9.17) is 29.4 Å². The number of nitrogen functional groups attached to an aromatic ring is 1. The molecule has 240 valence electrons. The molecule has 2 aliphatic rings. The Kier molecular flexibility index (Phi) is 13.1. The molecular formula is C31H48N4O8. The van der Waals surface area contributed by atoms with Crippen LogP contribution in [0.4, 0.5) is 32.3 Å². The van der Waals surface area contributed by atoms with E-state index in [-0.39, 0.29) is 33.5 Å². The summed E-state index contributed by atoms with van der Waals surface area (Å²) >= 11 is 0. The number of nitrogens with two attached hydrogens (primary N) is 1. The predicted molar refractivity (Wildman–Crippen MR) is 169 cm³/mol. The number of hydrogen-bond acceptors (Lipinski definition) is 9. The number of carbonyl (C=O) groups excluding carboxylic acids is 3. The largest absolute Gasteiger partial charge is 0.490 e. The van der Waals surface area contributed by atoms with Gasteiger partial charge in [-0.15, -0.1) is 0 Å². The van der Waals surface area contributed by atoms with Gasteiger partial charge < -0.3 is 34.7 Å². The molecular weight excluding hydrogens is 556 g/mol. The van der Waals surface area contributed by atoms with Crippen LogP contribution in [0.1, 0.15) is 56.4 Å². The number of hydrogen-bond donors (Lipinski definition) is 2. The average molecular weight is 605 g/mol. The average Bonchev–Trinajstić information content (AvgIpc) is 2.86. The minimum absolute atomic E-state index is 0. The topological polar surface area (TPSA) is 142 Å². The summed E-state index contributed by atoms with van der Waals surface area (Å²) in [5, 5.41) is 2.70. The van der Waals surface area contributed by atoms with Gasteiger partial charge in [0.05, 0.1) is 24.5 Å². The molecule has 12 nitrogen and oxygen atoms in total. The van der Waals surface area contributed by atoms with Crippen LogP contribution in [-0.2, 0) is 19.0 Å². The fourth-order valence-electron chi connectivity index (χ4n) is 3.87. The normalized spacial score (nSPS) is 13.6. The Hall–Kier alpha value is -4.19. The first kappa shape index (κ1) is 36.8. The lowest BCUT2D eigenvalue weighted by Gasteiger charge is -2.31. The lowest BCUT2D eigenvalue weighted by atomic mass is 10.2. The van der Waals surface area contributed by atoms with Crippen LogP contribution in [-0.4, -0.2) is 69.3 Å². The summed E-state index contributed by atoms with van der Waals surface area (Å²) in [6.45, 7) is 12.6. The summed E-state index contributed by atoms with van der Waals surface area (Å²) in [7, 11) is 1.45. The zero-order valence-electron chi connectivity index (χ0n) is 24.7. The molecule has 4 rings (SSSR count). The van der Waals surface area contributed by atoms with E-state index in [2.05, 4.69) is 5.32 Å². The van der Waals surface area contributed by atoms with Crippen molar-refractivity contribution in [3.8, 4) is 11.5 Å². The minimum atomic E-state index is -0.583. The van der Waals surface area contributed by atoms with Crippen LogP contribution >= 0.6 is 0 Å². The van der Waals surface area contributed by atoms with E-state index >= 15 is 0 Å². The maximum absolute atomic E-state index is 12.4. The van der Waals surface area contributed by atoms with Crippen LogP contribution in [0.25, 0.3) is 0 Å². The maximum atomic E-state index is 12.4. The van der Waals surface area contributed by atoms with Gasteiger partial charge in [-0.2, -0.15) is 0 Å². The molecule has 0 aliphatic carbocycles. The van der Waals surface area contributed by atoms with Gasteiger partial charge in [-0.05, 0) is 77.9 Å². The second kappa shape index (κ2) is 15.3.